The van der Waals surface area contributed by atoms with Crippen LogP contribution in [0.4, 0.5) is 0 Å². The summed E-state index contributed by atoms with van der Waals surface area (Å²) in [6, 6.07) is 7.65. The number of carbonyl (C=O) groups excluding carboxylic acids is 2. The van der Waals surface area contributed by atoms with Crippen molar-refractivity contribution in [3.8, 4) is 0 Å². The molecular weight excluding hydrogens is 505 g/mol. The molecule has 0 aromatic heterocycles. The summed E-state index contributed by atoms with van der Waals surface area (Å²) in [7, 11) is 0. The van der Waals surface area contributed by atoms with Gasteiger partial charge >= 0.3 is 0 Å². The standard InChI is InChI=1S/C23H31N5O2.HI/c1-2-24-23(27-16-11-18(17-27)26-13-7-8-14-26)25-12-5-6-15-28-21(29)19-9-3-4-10-20(19)22(28)30;/h3-4,7-10,18H,2,5-6,11-17H2,1H3,(H,24,25);1H. The highest BCUT2D eigenvalue weighted by Crippen LogP contribution is 2.22. The summed E-state index contributed by atoms with van der Waals surface area (Å²) >= 11 is 0. The molecule has 2 amide bonds. The van der Waals surface area contributed by atoms with E-state index in [2.05, 4.69) is 34.2 Å². The zero-order valence-electron chi connectivity index (χ0n) is 18.1. The molecule has 0 radical (unpaired) electrons. The van der Waals surface area contributed by atoms with Crippen molar-refractivity contribution in [2.45, 2.75) is 32.2 Å². The number of nitrogens with one attached hydrogen (secondary N) is 1. The van der Waals surface area contributed by atoms with E-state index < -0.39 is 0 Å². The number of benzene rings is 1. The molecule has 1 fully saturated rings. The smallest absolute Gasteiger partial charge is 0.261 e. The van der Waals surface area contributed by atoms with Crippen LogP contribution in [0, 0.1) is 0 Å². The minimum atomic E-state index is -0.174. The molecule has 1 aromatic rings. The Balaban J connectivity index is 0.00000272. The molecule has 1 unspecified atom stereocenters. The number of amides is 2. The number of guanidine groups is 1. The number of fused-ring (bicyclic) bond motifs is 1. The van der Waals surface area contributed by atoms with E-state index in [1.165, 1.54) is 11.3 Å². The minimum Gasteiger partial charge on any atom is -0.357 e. The summed E-state index contributed by atoms with van der Waals surface area (Å²) in [5.74, 6) is 0.631. The van der Waals surface area contributed by atoms with Crippen molar-refractivity contribution in [1.82, 2.24) is 20.0 Å². The van der Waals surface area contributed by atoms with Gasteiger partial charge in [-0.25, -0.2) is 0 Å². The maximum atomic E-state index is 12.4. The topological polar surface area (TPSA) is 68.2 Å². The van der Waals surface area contributed by atoms with Crippen LogP contribution in [0.5, 0.6) is 0 Å². The van der Waals surface area contributed by atoms with Gasteiger partial charge in [0.15, 0.2) is 5.96 Å². The number of aliphatic imine (C=N–C) groups is 1. The van der Waals surface area contributed by atoms with Gasteiger partial charge in [-0.1, -0.05) is 24.3 Å². The predicted octanol–water partition coefficient (Wildman–Crippen LogP) is 2.59. The Labute approximate surface area is 201 Å². The fourth-order valence-electron chi connectivity index (χ4n) is 4.46. The van der Waals surface area contributed by atoms with Gasteiger partial charge in [-0.2, -0.15) is 0 Å². The quantitative estimate of drug-likeness (QED) is 0.145. The van der Waals surface area contributed by atoms with Crippen molar-refractivity contribution < 1.29 is 9.59 Å². The molecule has 1 N–H and O–H groups in total. The third kappa shape index (κ3) is 5.28. The molecule has 3 heterocycles. The molecule has 4 rings (SSSR count). The zero-order valence-corrected chi connectivity index (χ0v) is 20.5. The molecule has 1 saturated heterocycles. The number of likely N-dealkylation sites (tertiary alicyclic amines) is 1. The maximum Gasteiger partial charge on any atom is 0.261 e. The van der Waals surface area contributed by atoms with Crippen LogP contribution in [0.25, 0.3) is 0 Å². The number of hydrogen-bond acceptors (Lipinski definition) is 4. The molecule has 3 aliphatic rings. The first kappa shape index (κ1) is 23.7. The number of hydrogen-bond donors (Lipinski definition) is 1. The minimum absolute atomic E-state index is 0. The Hall–Kier alpha value is -1.94. The Morgan fingerprint density at radius 1 is 1.10 bits per heavy atom. The Morgan fingerprint density at radius 2 is 1.77 bits per heavy atom. The number of imide groups is 1. The fourth-order valence-corrected chi connectivity index (χ4v) is 4.46. The third-order valence-electron chi connectivity index (χ3n) is 6.09. The summed E-state index contributed by atoms with van der Waals surface area (Å²) in [5, 5.41) is 3.42. The Bertz CT molecular complexity index is 813. The van der Waals surface area contributed by atoms with E-state index in [1.54, 1.807) is 24.3 Å². The lowest BCUT2D eigenvalue weighted by Crippen LogP contribution is -2.42. The monoisotopic (exact) mass is 537 g/mol. The Morgan fingerprint density at radius 3 is 2.42 bits per heavy atom. The van der Waals surface area contributed by atoms with Crippen molar-refractivity contribution in [1.29, 1.82) is 0 Å². The second-order valence-electron chi connectivity index (χ2n) is 8.06. The molecule has 3 aliphatic heterocycles. The average Bonchev–Trinajstić information content (AvgIpc) is 3.50. The molecule has 1 aromatic carbocycles. The second-order valence-corrected chi connectivity index (χ2v) is 8.06. The van der Waals surface area contributed by atoms with Gasteiger partial charge in [-0.15, -0.1) is 24.0 Å². The molecule has 168 valence electrons. The van der Waals surface area contributed by atoms with Gasteiger partial charge in [0, 0.05) is 51.9 Å². The summed E-state index contributed by atoms with van der Waals surface area (Å²) in [5.41, 5.74) is 1.04. The highest BCUT2D eigenvalue weighted by atomic mass is 127. The number of rotatable bonds is 7. The lowest BCUT2D eigenvalue weighted by atomic mass is 10.1. The molecular formula is C23H32IN5O2. The van der Waals surface area contributed by atoms with Crippen molar-refractivity contribution in [3.63, 3.8) is 0 Å². The van der Waals surface area contributed by atoms with Crippen molar-refractivity contribution in [2.75, 3.05) is 45.8 Å². The van der Waals surface area contributed by atoms with Crippen LogP contribution in [-0.4, -0.2) is 84.3 Å². The molecule has 0 saturated carbocycles. The maximum absolute atomic E-state index is 12.4. The van der Waals surface area contributed by atoms with Crippen LogP contribution < -0.4 is 5.32 Å². The zero-order chi connectivity index (χ0) is 20.9. The molecule has 31 heavy (non-hydrogen) atoms. The van der Waals surface area contributed by atoms with Gasteiger partial charge in [0.1, 0.15) is 0 Å². The second kappa shape index (κ2) is 11.1. The van der Waals surface area contributed by atoms with Gasteiger partial charge in [-0.05, 0) is 38.3 Å². The highest BCUT2D eigenvalue weighted by molar-refractivity contribution is 14.0. The van der Waals surface area contributed by atoms with Gasteiger partial charge < -0.3 is 10.2 Å². The Kier molecular flexibility index (Phi) is 8.48. The molecule has 0 bridgehead atoms. The van der Waals surface area contributed by atoms with Crippen LogP contribution in [0.2, 0.25) is 0 Å². The summed E-state index contributed by atoms with van der Waals surface area (Å²) in [4.78, 5) is 35.9. The number of nitrogens with zero attached hydrogens (tertiary/aromatic N) is 4. The largest absolute Gasteiger partial charge is 0.357 e. The van der Waals surface area contributed by atoms with E-state index >= 15 is 0 Å². The third-order valence-corrected chi connectivity index (χ3v) is 6.09. The molecule has 7 nitrogen and oxygen atoms in total. The van der Waals surface area contributed by atoms with Crippen molar-refractivity contribution in [2.24, 2.45) is 4.99 Å². The van der Waals surface area contributed by atoms with Crippen LogP contribution in [0.1, 0.15) is 46.9 Å². The SMILES string of the molecule is CCNC(=NCCCCN1C(=O)c2ccccc2C1=O)N1CCC(N2CC=CC2)C1.I. The predicted molar refractivity (Wildman–Crippen MR) is 133 cm³/mol. The van der Waals surface area contributed by atoms with E-state index in [1.807, 2.05) is 0 Å². The van der Waals surface area contributed by atoms with E-state index in [9.17, 15) is 9.59 Å². The average molecular weight is 537 g/mol. The van der Waals surface area contributed by atoms with E-state index in [-0.39, 0.29) is 35.8 Å². The van der Waals surface area contributed by atoms with Gasteiger partial charge in [0.25, 0.3) is 11.8 Å². The lowest BCUT2D eigenvalue weighted by molar-refractivity contribution is 0.0652. The van der Waals surface area contributed by atoms with E-state index in [4.69, 9.17) is 4.99 Å². The molecule has 1 atom stereocenters. The summed E-state index contributed by atoms with van der Waals surface area (Å²) in [6.07, 6.45) is 7.27. The van der Waals surface area contributed by atoms with Crippen LogP contribution in [0.15, 0.2) is 41.4 Å². The molecule has 0 spiro atoms. The fraction of sp³-hybridized carbons (Fsp3) is 0.522. The number of unbranched alkanes of at least 4 members (excludes halogenated alkanes) is 1. The number of carbonyl (C=O) groups is 2. The van der Waals surface area contributed by atoms with Crippen molar-refractivity contribution in [3.05, 3.63) is 47.5 Å². The first-order valence-electron chi connectivity index (χ1n) is 11.1. The first-order valence-corrected chi connectivity index (χ1v) is 11.1. The lowest BCUT2D eigenvalue weighted by Gasteiger charge is -2.25. The van der Waals surface area contributed by atoms with E-state index in [0.717, 1.165) is 51.5 Å². The summed E-state index contributed by atoms with van der Waals surface area (Å²) in [6.45, 7) is 8.25. The van der Waals surface area contributed by atoms with E-state index in [0.29, 0.717) is 30.3 Å². The van der Waals surface area contributed by atoms with Gasteiger partial charge in [0.05, 0.1) is 11.1 Å². The van der Waals surface area contributed by atoms with Crippen LogP contribution in [-0.2, 0) is 0 Å². The normalized spacial score (nSPS) is 21.1. The van der Waals surface area contributed by atoms with Crippen LogP contribution >= 0.6 is 24.0 Å². The molecule has 8 heteroatoms. The first-order chi connectivity index (χ1) is 14.7. The highest BCUT2D eigenvalue weighted by Gasteiger charge is 2.34. The van der Waals surface area contributed by atoms with Crippen LogP contribution in [0.3, 0.4) is 0 Å². The summed E-state index contributed by atoms with van der Waals surface area (Å²) < 4.78 is 0. The van der Waals surface area contributed by atoms with Gasteiger partial charge in [0.2, 0.25) is 0 Å². The van der Waals surface area contributed by atoms with Gasteiger partial charge in [-0.3, -0.25) is 24.4 Å². The number of halogens is 1. The van der Waals surface area contributed by atoms with Crippen molar-refractivity contribution >= 4 is 41.8 Å². The molecule has 0 aliphatic carbocycles.